The number of carbonyl (C=O) groups is 1. The largest absolute Gasteiger partial charge is 0.438 e. The first-order chi connectivity index (χ1) is 10.3. The van der Waals surface area contributed by atoms with Crippen LogP contribution in [0.1, 0.15) is 29.8 Å². The van der Waals surface area contributed by atoms with Gasteiger partial charge < -0.3 is 14.4 Å². The second-order valence-electron chi connectivity index (χ2n) is 5.92. The summed E-state index contributed by atoms with van der Waals surface area (Å²) in [5.41, 5.74) is -0.786. The van der Waals surface area contributed by atoms with E-state index in [1.54, 1.807) is 0 Å². The maximum Gasteiger partial charge on any atom is 0.291 e. The lowest BCUT2D eigenvalue weighted by atomic mass is 9.83. The van der Waals surface area contributed by atoms with E-state index in [0.29, 0.717) is 25.9 Å². The van der Waals surface area contributed by atoms with Crippen LogP contribution in [0.25, 0.3) is 0 Å². The zero-order valence-electron chi connectivity index (χ0n) is 12.3. The molecule has 0 aliphatic carbocycles. The average molecular weight is 329 g/mol. The van der Waals surface area contributed by atoms with Crippen molar-refractivity contribution in [3.05, 3.63) is 18.4 Å². The molecule has 2 saturated heterocycles. The molecule has 1 amide bonds. The van der Waals surface area contributed by atoms with Gasteiger partial charge in [-0.2, -0.15) is 4.31 Å². The van der Waals surface area contributed by atoms with E-state index in [9.17, 15) is 18.3 Å². The SMILES string of the molecule is CS(=O)(=O)N1CCC[C@@]12CCN(C(=O)c1cnco1)C[C@@H]2O. The molecule has 122 valence electrons. The molecule has 1 spiro atoms. The van der Waals surface area contributed by atoms with Crippen LogP contribution < -0.4 is 0 Å². The number of piperidine rings is 1. The molecular formula is C13H19N3O5S. The predicted molar refractivity (Wildman–Crippen MR) is 76.5 cm³/mol. The van der Waals surface area contributed by atoms with Crippen LogP contribution in [0.5, 0.6) is 0 Å². The van der Waals surface area contributed by atoms with Gasteiger partial charge in [0.2, 0.25) is 15.8 Å². The van der Waals surface area contributed by atoms with Crippen molar-refractivity contribution in [2.45, 2.75) is 30.9 Å². The summed E-state index contributed by atoms with van der Waals surface area (Å²) in [7, 11) is -3.38. The van der Waals surface area contributed by atoms with Crippen LogP contribution in [0.4, 0.5) is 0 Å². The van der Waals surface area contributed by atoms with Crippen molar-refractivity contribution in [1.29, 1.82) is 0 Å². The standard InChI is InChI=1S/C13H19N3O5S/c1-22(19,20)16-5-2-3-13(16)4-6-15(8-11(13)17)12(18)10-7-14-9-21-10/h7,9,11,17H,2-6,8H2,1H3/t11-,13-/m0/s1. The summed E-state index contributed by atoms with van der Waals surface area (Å²) in [5, 5.41) is 10.6. The molecule has 2 atom stereocenters. The third-order valence-corrected chi connectivity index (χ3v) is 5.97. The summed E-state index contributed by atoms with van der Waals surface area (Å²) in [6.07, 6.45) is 4.52. The molecule has 2 fully saturated rings. The highest BCUT2D eigenvalue weighted by Crippen LogP contribution is 2.40. The molecule has 8 nitrogen and oxygen atoms in total. The molecule has 0 saturated carbocycles. The van der Waals surface area contributed by atoms with Crippen LogP contribution in [-0.2, 0) is 10.0 Å². The van der Waals surface area contributed by atoms with Gasteiger partial charge in [0.05, 0.1) is 24.1 Å². The number of likely N-dealkylation sites (tertiary alicyclic amines) is 1. The van der Waals surface area contributed by atoms with Crippen LogP contribution >= 0.6 is 0 Å². The lowest BCUT2D eigenvalue weighted by Gasteiger charge is -2.47. The third kappa shape index (κ3) is 2.42. The van der Waals surface area contributed by atoms with Crippen LogP contribution in [-0.4, -0.2) is 71.2 Å². The number of hydrogen-bond donors (Lipinski definition) is 1. The number of aliphatic hydroxyl groups excluding tert-OH is 1. The van der Waals surface area contributed by atoms with Crippen molar-refractivity contribution >= 4 is 15.9 Å². The molecule has 1 aromatic heterocycles. The molecule has 3 heterocycles. The fourth-order valence-corrected chi connectivity index (χ4v) is 5.01. The zero-order chi connectivity index (χ0) is 16.0. The first-order valence-corrected chi connectivity index (χ1v) is 9.03. The van der Waals surface area contributed by atoms with Gasteiger partial charge in [-0.1, -0.05) is 0 Å². The number of rotatable bonds is 2. The van der Waals surface area contributed by atoms with Crippen molar-refractivity contribution in [2.24, 2.45) is 0 Å². The smallest absolute Gasteiger partial charge is 0.291 e. The van der Waals surface area contributed by atoms with Gasteiger partial charge in [0, 0.05) is 19.6 Å². The van der Waals surface area contributed by atoms with E-state index in [4.69, 9.17) is 4.42 Å². The van der Waals surface area contributed by atoms with Crippen LogP contribution in [0.2, 0.25) is 0 Å². The second-order valence-corrected chi connectivity index (χ2v) is 7.83. The predicted octanol–water partition coefficient (Wildman–Crippen LogP) is -0.324. The zero-order valence-corrected chi connectivity index (χ0v) is 13.1. The molecule has 2 aliphatic heterocycles. The van der Waals surface area contributed by atoms with E-state index in [1.807, 2.05) is 0 Å². The van der Waals surface area contributed by atoms with E-state index in [1.165, 1.54) is 28.1 Å². The topological polar surface area (TPSA) is 104 Å². The normalized spacial score (nSPS) is 30.1. The highest BCUT2D eigenvalue weighted by atomic mass is 32.2. The Balaban J connectivity index is 1.79. The summed E-state index contributed by atoms with van der Waals surface area (Å²) in [4.78, 5) is 17.4. The quantitative estimate of drug-likeness (QED) is 0.797. The minimum atomic E-state index is -3.38. The van der Waals surface area contributed by atoms with Crippen molar-refractivity contribution in [3.63, 3.8) is 0 Å². The van der Waals surface area contributed by atoms with Crippen molar-refractivity contribution in [2.75, 3.05) is 25.9 Å². The number of sulfonamides is 1. The highest BCUT2D eigenvalue weighted by Gasteiger charge is 2.53. The lowest BCUT2D eigenvalue weighted by Crippen LogP contribution is -2.63. The number of amides is 1. The Morgan fingerprint density at radius 3 is 2.82 bits per heavy atom. The number of oxazole rings is 1. The Kier molecular flexibility index (Phi) is 3.74. The molecule has 0 radical (unpaired) electrons. The number of aromatic nitrogens is 1. The molecule has 0 unspecified atom stereocenters. The second kappa shape index (κ2) is 5.32. The molecule has 1 aromatic rings. The molecule has 3 rings (SSSR count). The van der Waals surface area contributed by atoms with Gasteiger partial charge in [-0.3, -0.25) is 4.79 Å². The molecule has 1 N–H and O–H groups in total. The van der Waals surface area contributed by atoms with Crippen LogP contribution in [0.3, 0.4) is 0 Å². The van der Waals surface area contributed by atoms with Gasteiger partial charge in [-0.05, 0) is 19.3 Å². The Morgan fingerprint density at radius 2 is 2.23 bits per heavy atom. The highest BCUT2D eigenvalue weighted by molar-refractivity contribution is 7.88. The molecule has 0 aromatic carbocycles. The first-order valence-electron chi connectivity index (χ1n) is 7.18. The van der Waals surface area contributed by atoms with Gasteiger partial charge in [0.1, 0.15) is 0 Å². The Hall–Kier alpha value is -1.45. The number of β-amino-alcohol motifs (C(OH)–C–C–N with tert-alkyl or cyclic N) is 1. The van der Waals surface area contributed by atoms with Crippen LogP contribution in [0.15, 0.2) is 17.0 Å². The van der Waals surface area contributed by atoms with E-state index in [0.717, 1.165) is 6.42 Å². The minimum Gasteiger partial charge on any atom is -0.438 e. The minimum absolute atomic E-state index is 0.0888. The van der Waals surface area contributed by atoms with Gasteiger partial charge in [0.25, 0.3) is 5.91 Å². The van der Waals surface area contributed by atoms with Crippen LogP contribution in [0, 0.1) is 0 Å². The Labute approximate surface area is 128 Å². The monoisotopic (exact) mass is 329 g/mol. The maximum atomic E-state index is 12.2. The number of carbonyl (C=O) groups excluding carboxylic acids is 1. The van der Waals surface area contributed by atoms with Crippen molar-refractivity contribution in [3.8, 4) is 0 Å². The summed E-state index contributed by atoms with van der Waals surface area (Å²) < 4.78 is 30.3. The number of nitrogens with zero attached hydrogens (tertiary/aromatic N) is 3. The fraction of sp³-hybridized carbons (Fsp3) is 0.692. The summed E-state index contributed by atoms with van der Waals surface area (Å²) in [5.74, 6) is -0.218. The average Bonchev–Trinajstić information content (AvgIpc) is 3.10. The van der Waals surface area contributed by atoms with E-state index >= 15 is 0 Å². The lowest BCUT2D eigenvalue weighted by molar-refractivity contribution is -0.0299. The van der Waals surface area contributed by atoms with Gasteiger partial charge in [-0.15, -0.1) is 0 Å². The number of aliphatic hydroxyl groups is 1. The molecule has 0 bridgehead atoms. The molecular weight excluding hydrogens is 310 g/mol. The Bertz CT molecular complexity index is 659. The van der Waals surface area contributed by atoms with Gasteiger partial charge >= 0.3 is 0 Å². The van der Waals surface area contributed by atoms with E-state index in [-0.39, 0.29) is 18.2 Å². The first kappa shape index (κ1) is 15.4. The molecule has 22 heavy (non-hydrogen) atoms. The van der Waals surface area contributed by atoms with Gasteiger partial charge in [0.15, 0.2) is 6.39 Å². The summed E-state index contributed by atoms with van der Waals surface area (Å²) in [6, 6.07) is 0. The van der Waals surface area contributed by atoms with Crippen molar-refractivity contribution in [1.82, 2.24) is 14.2 Å². The molecule has 2 aliphatic rings. The molecule has 9 heteroatoms. The maximum absolute atomic E-state index is 12.2. The third-order valence-electron chi connectivity index (χ3n) is 4.63. The summed E-state index contributed by atoms with van der Waals surface area (Å²) in [6.45, 7) is 0.889. The summed E-state index contributed by atoms with van der Waals surface area (Å²) >= 11 is 0. The van der Waals surface area contributed by atoms with E-state index in [2.05, 4.69) is 4.98 Å². The number of hydrogen-bond acceptors (Lipinski definition) is 6. The fourth-order valence-electron chi connectivity index (χ4n) is 3.58. The van der Waals surface area contributed by atoms with Crippen molar-refractivity contribution < 1.29 is 22.7 Å². The van der Waals surface area contributed by atoms with E-state index < -0.39 is 21.7 Å². The Morgan fingerprint density at radius 1 is 1.45 bits per heavy atom. The van der Waals surface area contributed by atoms with Gasteiger partial charge in [-0.25, -0.2) is 13.4 Å².